The molecule has 0 bridgehead atoms. The monoisotopic (exact) mass is 382 g/mol. The standard InChI is InChI=1S/C21H18O7/c1-11-16-9-18(25-4)19(27-13(3)23)10-17(16)28-21(24)20(11)14-5-7-15(8-6-14)26-12(2)22/h5-10H,1-4H3. The third-order valence-corrected chi connectivity index (χ3v) is 4.11. The minimum atomic E-state index is -0.538. The van der Waals surface area contributed by atoms with Gasteiger partial charge in [-0.1, -0.05) is 12.1 Å². The number of benzene rings is 2. The average Bonchev–Trinajstić information content (AvgIpc) is 2.62. The molecule has 0 amide bonds. The van der Waals surface area contributed by atoms with E-state index in [-0.39, 0.29) is 11.3 Å². The van der Waals surface area contributed by atoms with E-state index in [0.29, 0.717) is 33.6 Å². The summed E-state index contributed by atoms with van der Waals surface area (Å²) in [4.78, 5) is 34.9. The van der Waals surface area contributed by atoms with Crippen molar-refractivity contribution in [3.63, 3.8) is 0 Å². The lowest BCUT2D eigenvalue weighted by molar-refractivity contribution is -0.132. The largest absolute Gasteiger partial charge is 0.493 e. The van der Waals surface area contributed by atoms with Gasteiger partial charge in [-0.25, -0.2) is 4.79 Å². The molecule has 2 aromatic carbocycles. The predicted molar refractivity (Wildman–Crippen MR) is 102 cm³/mol. The molecule has 1 heterocycles. The molecule has 0 N–H and O–H groups in total. The highest BCUT2D eigenvalue weighted by Crippen LogP contribution is 2.36. The van der Waals surface area contributed by atoms with Crippen LogP contribution in [0.1, 0.15) is 19.4 Å². The van der Waals surface area contributed by atoms with Gasteiger partial charge in [-0.2, -0.15) is 0 Å². The number of fused-ring (bicyclic) bond motifs is 1. The maximum Gasteiger partial charge on any atom is 0.344 e. The maximum absolute atomic E-state index is 12.6. The van der Waals surface area contributed by atoms with E-state index < -0.39 is 17.6 Å². The van der Waals surface area contributed by atoms with E-state index in [1.807, 2.05) is 0 Å². The van der Waals surface area contributed by atoms with E-state index in [2.05, 4.69) is 0 Å². The highest BCUT2D eigenvalue weighted by atomic mass is 16.6. The van der Waals surface area contributed by atoms with Crippen LogP contribution < -0.4 is 19.8 Å². The molecule has 28 heavy (non-hydrogen) atoms. The van der Waals surface area contributed by atoms with E-state index in [0.717, 1.165) is 0 Å². The summed E-state index contributed by atoms with van der Waals surface area (Å²) in [5, 5.41) is 0.645. The van der Waals surface area contributed by atoms with Crippen LogP contribution in [-0.4, -0.2) is 19.0 Å². The maximum atomic E-state index is 12.6. The molecule has 0 atom stereocenters. The first-order chi connectivity index (χ1) is 13.3. The minimum absolute atomic E-state index is 0.170. The summed E-state index contributed by atoms with van der Waals surface area (Å²) >= 11 is 0. The predicted octanol–water partition coefficient (Wildman–Crippen LogP) is 3.63. The van der Waals surface area contributed by atoms with Crippen LogP contribution in [0.4, 0.5) is 0 Å². The highest BCUT2D eigenvalue weighted by molar-refractivity contribution is 5.89. The third kappa shape index (κ3) is 3.73. The van der Waals surface area contributed by atoms with E-state index >= 15 is 0 Å². The molecule has 7 nitrogen and oxygen atoms in total. The molecule has 7 heteroatoms. The van der Waals surface area contributed by atoms with Gasteiger partial charge in [0.2, 0.25) is 0 Å². The first-order valence-electron chi connectivity index (χ1n) is 8.43. The van der Waals surface area contributed by atoms with Crippen LogP contribution in [0.2, 0.25) is 0 Å². The van der Waals surface area contributed by atoms with Crippen LogP contribution in [0, 0.1) is 6.92 Å². The number of esters is 2. The van der Waals surface area contributed by atoms with Gasteiger partial charge in [0.15, 0.2) is 11.5 Å². The highest BCUT2D eigenvalue weighted by Gasteiger charge is 2.17. The zero-order valence-corrected chi connectivity index (χ0v) is 15.8. The molecule has 0 saturated carbocycles. The number of carbonyl (C=O) groups excluding carboxylic acids is 2. The average molecular weight is 382 g/mol. The number of hydrogen-bond acceptors (Lipinski definition) is 7. The molecule has 0 unspecified atom stereocenters. The van der Waals surface area contributed by atoms with Crippen LogP contribution >= 0.6 is 0 Å². The Balaban J connectivity index is 2.15. The van der Waals surface area contributed by atoms with Crippen LogP contribution in [0.3, 0.4) is 0 Å². The molecule has 3 rings (SSSR count). The first-order valence-corrected chi connectivity index (χ1v) is 8.43. The fraction of sp³-hybridized carbons (Fsp3) is 0.190. The summed E-state index contributed by atoms with van der Waals surface area (Å²) < 4.78 is 20.9. The van der Waals surface area contributed by atoms with E-state index in [4.69, 9.17) is 18.6 Å². The Bertz CT molecular complexity index is 1120. The zero-order chi connectivity index (χ0) is 20.4. The molecule has 0 aliphatic rings. The first kappa shape index (κ1) is 19.2. The molecule has 0 aliphatic heterocycles. The molecular formula is C21H18O7. The van der Waals surface area contributed by atoms with Crippen LogP contribution in [0.5, 0.6) is 17.2 Å². The van der Waals surface area contributed by atoms with Gasteiger partial charge in [0.1, 0.15) is 11.3 Å². The summed E-state index contributed by atoms with van der Waals surface area (Å²) in [6, 6.07) is 9.66. The van der Waals surface area contributed by atoms with Gasteiger partial charge < -0.3 is 18.6 Å². The number of ether oxygens (including phenoxy) is 3. The Morgan fingerprint density at radius 1 is 0.929 bits per heavy atom. The van der Waals surface area contributed by atoms with Crippen molar-refractivity contribution < 1.29 is 28.2 Å². The van der Waals surface area contributed by atoms with Crippen molar-refractivity contribution >= 4 is 22.9 Å². The van der Waals surface area contributed by atoms with Crippen molar-refractivity contribution in [2.75, 3.05) is 7.11 Å². The van der Waals surface area contributed by atoms with Gasteiger partial charge in [-0.15, -0.1) is 0 Å². The van der Waals surface area contributed by atoms with Gasteiger partial charge in [-0.05, 0) is 36.2 Å². The molecule has 0 spiro atoms. The third-order valence-electron chi connectivity index (χ3n) is 4.11. The Kier molecular flexibility index (Phi) is 5.17. The quantitative estimate of drug-likeness (QED) is 0.386. The van der Waals surface area contributed by atoms with Crippen molar-refractivity contribution in [1.82, 2.24) is 0 Å². The molecular weight excluding hydrogens is 364 g/mol. The second-order valence-corrected chi connectivity index (χ2v) is 6.10. The lowest BCUT2D eigenvalue weighted by Crippen LogP contribution is -2.08. The minimum Gasteiger partial charge on any atom is -0.493 e. The smallest absolute Gasteiger partial charge is 0.344 e. The van der Waals surface area contributed by atoms with E-state index in [1.54, 1.807) is 37.3 Å². The lowest BCUT2D eigenvalue weighted by Gasteiger charge is -2.12. The van der Waals surface area contributed by atoms with Gasteiger partial charge >= 0.3 is 17.6 Å². The van der Waals surface area contributed by atoms with Gasteiger partial charge in [0.25, 0.3) is 0 Å². The normalized spacial score (nSPS) is 10.6. The lowest BCUT2D eigenvalue weighted by atomic mass is 9.99. The second kappa shape index (κ2) is 7.56. The number of methoxy groups -OCH3 is 1. The van der Waals surface area contributed by atoms with E-state index in [1.165, 1.54) is 27.0 Å². The molecule has 3 aromatic rings. The topological polar surface area (TPSA) is 92.0 Å². The summed E-state index contributed by atoms with van der Waals surface area (Å²) in [6.45, 7) is 4.38. The van der Waals surface area contributed by atoms with Crippen LogP contribution in [0.15, 0.2) is 45.6 Å². The Hall–Kier alpha value is -3.61. The second-order valence-electron chi connectivity index (χ2n) is 6.10. The molecule has 144 valence electrons. The SMILES string of the molecule is COc1cc2c(C)c(-c3ccc(OC(C)=O)cc3)c(=O)oc2cc1OC(C)=O. The summed E-state index contributed by atoms with van der Waals surface area (Å²) in [5.41, 5.74) is 1.42. The molecule has 1 aromatic heterocycles. The van der Waals surface area contributed by atoms with Crippen molar-refractivity contribution in [2.24, 2.45) is 0 Å². The molecule has 0 aliphatic carbocycles. The fourth-order valence-electron chi connectivity index (χ4n) is 2.94. The van der Waals surface area contributed by atoms with Crippen molar-refractivity contribution in [3.05, 3.63) is 52.4 Å². The van der Waals surface area contributed by atoms with Crippen molar-refractivity contribution in [3.8, 4) is 28.4 Å². The number of aryl methyl sites for hydroxylation is 1. The molecule has 0 fully saturated rings. The summed E-state index contributed by atoms with van der Waals surface area (Å²) in [7, 11) is 1.46. The fourth-order valence-corrected chi connectivity index (χ4v) is 2.94. The van der Waals surface area contributed by atoms with Crippen molar-refractivity contribution in [2.45, 2.75) is 20.8 Å². The van der Waals surface area contributed by atoms with E-state index in [9.17, 15) is 14.4 Å². The Morgan fingerprint density at radius 2 is 1.57 bits per heavy atom. The van der Waals surface area contributed by atoms with Gasteiger partial charge in [-0.3, -0.25) is 9.59 Å². The van der Waals surface area contributed by atoms with Crippen LogP contribution in [-0.2, 0) is 9.59 Å². The zero-order valence-electron chi connectivity index (χ0n) is 15.8. The molecule has 0 radical (unpaired) electrons. The number of carbonyl (C=O) groups is 2. The van der Waals surface area contributed by atoms with Gasteiger partial charge in [0.05, 0.1) is 12.7 Å². The van der Waals surface area contributed by atoms with Crippen molar-refractivity contribution in [1.29, 1.82) is 0 Å². The Labute approximate surface area is 160 Å². The number of hydrogen-bond donors (Lipinski definition) is 0. The summed E-state index contributed by atoms with van der Waals surface area (Å²) in [5.74, 6) is -0.0443. The number of rotatable bonds is 4. The molecule has 0 saturated heterocycles. The van der Waals surface area contributed by atoms with Gasteiger partial charge in [0, 0.05) is 25.3 Å². The Morgan fingerprint density at radius 3 is 2.14 bits per heavy atom. The van der Waals surface area contributed by atoms with Crippen LogP contribution in [0.25, 0.3) is 22.1 Å². The summed E-state index contributed by atoms with van der Waals surface area (Å²) in [6.07, 6.45) is 0.